The molecule has 0 saturated carbocycles. The molecule has 0 aliphatic carbocycles. The summed E-state index contributed by atoms with van der Waals surface area (Å²) in [4.78, 5) is 0. The lowest BCUT2D eigenvalue weighted by Crippen LogP contribution is -2.25. The molecular formula is C15H21N3O2. The first-order chi connectivity index (χ1) is 9.72. The Morgan fingerprint density at radius 1 is 1.25 bits per heavy atom. The molecule has 0 aliphatic rings. The molecule has 0 aliphatic heterocycles. The smallest absolute Gasteiger partial charge is 0.161 e. The monoisotopic (exact) mass is 275 g/mol. The highest BCUT2D eigenvalue weighted by Crippen LogP contribution is 2.34. The summed E-state index contributed by atoms with van der Waals surface area (Å²) in [5.41, 5.74) is 8.30. The Balaban J connectivity index is 2.38. The van der Waals surface area contributed by atoms with Gasteiger partial charge in [-0.2, -0.15) is 5.10 Å². The molecule has 5 nitrogen and oxygen atoms in total. The van der Waals surface area contributed by atoms with Gasteiger partial charge < -0.3 is 15.2 Å². The minimum absolute atomic E-state index is 0.243. The van der Waals surface area contributed by atoms with Crippen molar-refractivity contribution in [1.29, 1.82) is 0 Å². The molecule has 0 radical (unpaired) electrons. The molecule has 2 N–H and O–H groups in total. The SMILES string of the molecule is CCn1ncc(OC)c1C(N)C(OC)c1ccccc1. The van der Waals surface area contributed by atoms with E-state index in [1.54, 1.807) is 20.4 Å². The number of aromatic nitrogens is 2. The summed E-state index contributed by atoms with van der Waals surface area (Å²) in [6.07, 6.45) is 1.45. The molecule has 1 heterocycles. The average Bonchev–Trinajstić information content (AvgIpc) is 2.92. The molecule has 1 aromatic carbocycles. The van der Waals surface area contributed by atoms with Crippen LogP contribution in [-0.2, 0) is 11.3 Å². The molecule has 20 heavy (non-hydrogen) atoms. The van der Waals surface area contributed by atoms with E-state index in [2.05, 4.69) is 5.10 Å². The highest BCUT2D eigenvalue weighted by Gasteiger charge is 2.27. The van der Waals surface area contributed by atoms with Crippen LogP contribution in [0.5, 0.6) is 5.75 Å². The van der Waals surface area contributed by atoms with E-state index in [-0.39, 0.29) is 12.1 Å². The Morgan fingerprint density at radius 2 is 1.95 bits per heavy atom. The molecule has 2 unspecified atom stereocenters. The van der Waals surface area contributed by atoms with E-state index in [4.69, 9.17) is 15.2 Å². The minimum atomic E-state index is -0.347. The Morgan fingerprint density at radius 3 is 2.50 bits per heavy atom. The van der Waals surface area contributed by atoms with Gasteiger partial charge in [0, 0.05) is 13.7 Å². The Hall–Kier alpha value is -1.85. The molecule has 1 aromatic heterocycles. The number of benzene rings is 1. The van der Waals surface area contributed by atoms with E-state index >= 15 is 0 Å². The lowest BCUT2D eigenvalue weighted by molar-refractivity contribution is 0.0767. The largest absolute Gasteiger partial charge is 0.493 e. The second-order valence-electron chi connectivity index (χ2n) is 4.51. The van der Waals surface area contributed by atoms with Crippen LogP contribution in [0, 0.1) is 0 Å². The van der Waals surface area contributed by atoms with Crippen molar-refractivity contribution < 1.29 is 9.47 Å². The van der Waals surface area contributed by atoms with Crippen molar-refractivity contribution in [1.82, 2.24) is 9.78 Å². The molecule has 0 bridgehead atoms. The van der Waals surface area contributed by atoms with Crippen molar-refractivity contribution in [2.45, 2.75) is 25.6 Å². The Bertz CT molecular complexity index is 518. The van der Waals surface area contributed by atoms with Crippen LogP contribution in [0.3, 0.4) is 0 Å². The molecule has 0 saturated heterocycles. The van der Waals surface area contributed by atoms with E-state index in [9.17, 15) is 0 Å². The van der Waals surface area contributed by atoms with Crippen molar-refractivity contribution in [2.75, 3.05) is 14.2 Å². The third kappa shape index (κ3) is 2.69. The van der Waals surface area contributed by atoms with E-state index in [1.165, 1.54) is 0 Å². The van der Waals surface area contributed by atoms with Crippen molar-refractivity contribution in [3.63, 3.8) is 0 Å². The summed E-state index contributed by atoms with van der Waals surface area (Å²) >= 11 is 0. The summed E-state index contributed by atoms with van der Waals surface area (Å²) in [7, 11) is 3.29. The maximum atomic E-state index is 6.41. The zero-order valence-corrected chi connectivity index (χ0v) is 12.1. The standard InChI is InChI=1S/C15H21N3O2/c1-4-18-14(12(19-2)10-17-18)13(16)15(20-3)11-8-6-5-7-9-11/h5-10,13,15H,4,16H2,1-3H3. The summed E-state index contributed by atoms with van der Waals surface area (Å²) in [5.74, 6) is 0.692. The van der Waals surface area contributed by atoms with Gasteiger partial charge in [0.1, 0.15) is 11.8 Å². The number of hydrogen-bond donors (Lipinski definition) is 1. The highest BCUT2D eigenvalue weighted by atomic mass is 16.5. The molecule has 0 amide bonds. The van der Waals surface area contributed by atoms with Crippen molar-refractivity contribution in [3.8, 4) is 5.75 Å². The zero-order valence-electron chi connectivity index (χ0n) is 12.1. The zero-order chi connectivity index (χ0) is 14.5. The van der Waals surface area contributed by atoms with Crippen LogP contribution >= 0.6 is 0 Å². The van der Waals surface area contributed by atoms with Gasteiger partial charge in [-0.15, -0.1) is 0 Å². The molecule has 0 fully saturated rings. The Kier molecular flexibility index (Phi) is 4.76. The number of rotatable bonds is 6. The summed E-state index contributed by atoms with van der Waals surface area (Å²) in [6.45, 7) is 2.75. The number of nitrogens with two attached hydrogens (primary N) is 1. The van der Waals surface area contributed by atoms with Crippen molar-refractivity contribution >= 4 is 0 Å². The fourth-order valence-corrected chi connectivity index (χ4v) is 2.40. The van der Waals surface area contributed by atoms with Crippen LogP contribution in [0.15, 0.2) is 36.5 Å². The number of hydrogen-bond acceptors (Lipinski definition) is 4. The van der Waals surface area contributed by atoms with Crippen molar-refractivity contribution in [2.24, 2.45) is 5.73 Å². The summed E-state index contributed by atoms with van der Waals surface area (Å²) < 4.78 is 12.8. The normalized spacial score (nSPS) is 14.0. The fourth-order valence-electron chi connectivity index (χ4n) is 2.40. The fraction of sp³-hybridized carbons (Fsp3) is 0.400. The van der Waals surface area contributed by atoms with Gasteiger partial charge in [-0.1, -0.05) is 30.3 Å². The minimum Gasteiger partial charge on any atom is -0.493 e. The second kappa shape index (κ2) is 6.54. The number of aryl methyl sites for hydroxylation is 1. The van der Waals surface area contributed by atoms with E-state index in [0.29, 0.717) is 5.75 Å². The predicted octanol–water partition coefficient (Wildman–Crippen LogP) is 2.30. The molecular weight excluding hydrogens is 254 g/mol. The quantitative estimate of drug-likeness (QED) is 0.878. The first kappa shape index (κ1) is 14.6. The van der Waals surface area contributed by atoms with Crippen LogP contribution in [-0.4, -0.2) is 24.0 Å². The summed E-state index contributed by atoms with van der Waals surface area (Å²) in [5, 5.41) is 4.29. The topological polar surface area (TPSA) is 62.3 Å². The Labute approximate surface area is 119 Å². The maximum Gasteiger partial charge on any atom is 0.161 e. The van der Waals surface area contributed by atoms with Gasteiger partial charge in [0.2, 0.25) is 0 Å². The van der Waals surface area contributed by atoms with E-state index < -0.39 is 0 Å². The van der Waals surface area contributed by atoms with E-state index in [1.807, 2.05) is 41.9 Å². The van der Waals surface area contributed by atoms with Crippen LogP contribution < -0.4 is 10.5 Å². The van der Waals surface area contributed by atoms with Gasteiger partial charge >= 0.3 is 0 Å². The molecule has 0 spiro atoms. The van der Waals surface area contributed by atoms with E-state index in [0.717, 1.165) is 17.8 Å². The van der Waals surface area contributed by atoms with Gasteiger partial charge in [-0.05, 0) is 12.5 Å². The molecule has 2 aromatic rings. The van der Waals surface area contributed by atoms with Gasteiger partial charge in [0.15, 0.2) is 5.75 Å². The second-order valence-corrected chi connectivity index (χ2v) is 4.51. The first-order valence-corrected chi connectivity index (χ1v) is 6.65. The molecule has 108 valence electrons. The van der Waals surface area contributed by atoms with Crippen LogP contribution in [0.25, 0.3) is 0 Å². The van der Waals surface area contributed by atoms with Gasteiger partial charge in [-0.25, -0.2) is 0 Å². The van der Waals surface area contributed by atoms with Crippen LogP contribution in [0.1, 0.15) is 30.3 Å². The van der Waals surface area contributed by atoms with Gasteiger partial charge in [-0.3, -0.25) is 4.68 Å². The van der Waals surface area contributed by atoms with Crippen LogP contribution in [0.4, 0.5) is 0 Å². The van der Waals surface area contributed by atoms with Gasteiger partial charge in [0.05, 0.1) is 19.3 Å². The lowest BCUT2D eigenvalue weighted by Gasteiger charge is -2.24. The molecule has 5 heteroatoms. The maximum absolute atomic E-state index is 6.41. The lowest BCUT2D eigenvalue weighted by atomic mass is 10.00. The van der Waals surface area contributed by atoms with Crippen molar-refractivity contribution in [3.05, 3.63) is 47.8 Å². The summed E-state index contributed by atoms with van der Waals surface area (Å²) in [6, 6.07) is 9.59. The first-order valence-electron chi connectivity index (χ1n) is 6.65. The third-order valence-corrected chi connectivity index (χ3v) is 3.39. The van der Waals surface area contributed by atoms with Gasteiger partial charge in [0.25, 0.3) is 0 Å². The number of methoxy groups -OCH3 is 2. The number of nitrogens with zero attached hydrogens (tertiary/aromatic N) is 2. The molecule has 2 rings (SSSR count). The average molecular weight is 275 g/mol. The number of ether oxygens (including phenoxy) is 2. The predicted molar refractivity (Wildman–Crippen MR) is 77.6 cm³/mol. The third-order valence-electron chi connectivity index (χ3n) is 3.39. The van der Waals surface area contributed by atoms with Crippen LogP contribution in [0.2, 0.25) is 0 Å². The highest BCUT2D eigenvalue weighted by molar-refractivity contribution is 5.31. The molecule has 2 atom stereocenters.